The molecule has 0 aliphatic heterocycles. The van der Waals surface area contributed by atoms with E-state index in [1.54, 1.807) is 7.11 Å². The van der Waals surface area contributed by atoms with Crippen molar-refractivity contribution in [2.75, 3.05) is 34.3 Å². The van der Waals surface area contributed by atoms with Crippen LogP contribution in [0.3, 0.4) is 0 Å². The molecule has 1 rings (SSSR count). The summed E-state index contributed by atoms with van der Waals surface area (Å²) in [6.45, 7) is 4.46. The quantitative estimate of drug-likeness (QED) is 0.716. The zero-order chi connectivity index (χ0) is 13.4. The minimum absolute atomic E-state index is 0.514. The van der Waals surface area contributed by atoms with Gasteiger partial charge in [-0.05, 0) is 64.6 Å². The van der Waals surface area contributed by atoms with Crippen molar-refractivity contribution >= 4 is 0 Å². The molecule has 0 aliphatic carbocycles. The van der Waals surface area contributed by atoms with Gasteiger partial charge in [0.1, 0.15) is 5.75 Å². The van der Waals surface area contributed by atoms with Crippen LogP contribution in [-0.4, -0.2) is 45.2 Å². The molecule has 0 aromatic heterocycles. The topological polar surface area (TPSA) is 24.5 Å². The highest BCUT2D eigenvalue weighted by Crippen LogP contribution is 2.12. The zero-order valence-electron chi connectivity index (χ0n) is 12.1. The number of methoxy groups -OCH3 is 1. The molecule has 18 heavy (non-hydrogen) atoms. The molecule has 102 valence electrons. The lowest BCUT2D eigenvalue weighted by Crippen LogP contribution is -2.30. The van der Waals surface area contributed by atoms with Crippen LogP contribution >= 0.6 is 0 Å². The van der Waals surface area contributed by atoms with Crippen LogP contribution in [0.5, 0.6) is 5.75 Å². The molecule has 0 spiro atoms. The van der Waals surface area contributed by atoms with Gasteiger partial charge in [0.05, 0.1) is 7.11 Å². The molecule has 1 aromatic carbocycles. The zero-order valence-corrected chi connectivity index (χ0v) is 12.1. The minimum atomic E-state index is 0.514. The summed E-state index contributed by atoms with van der Waals surface area (Å²) in [6.07, 6.45) is 2.26. The first-order valence-electron chi connectivity index (χ1n) is 6.63. The molecule has 1 atom stereocenters. The van der Waals surface area contributed by atoms with Gasteiger partial charge in [-0.25, -0.2) is 0 Å². The summed E-state index contributed by atoms with van der Waals surface area (Å²) in [5.41, 5.74) is 1.35. The molecule has 0 saturated heterocycles. The normalized spacial score (nSPS) is 12.7. The molecule has 1 unspecified atom stereocenters. The summed E-state index contributed by atoms with van der Waals surface area (Å²) in [6, 6.07) is 8.83. The third-order valence-corrected chi connectivity index (χ3v) is 2.98. The van der Waals surface area contributed by atoms with Crippen molar-refractivity contribution < 1.29 is 4.74 Å². The standard InChI is InChI=1S/C15H26N2O/c1-13(16-10-5-11-17(2)3)12-14-6-8-15(18-4)9-7-14/h6-9,13,16H,5,10-12H2,1-4H3. The fourth-order valence-corrected chi connectivity index (χ4v) is 1.93. The van der Waals surface area contributed by atoms with Crippen LogP contribution in [0.2, 0.25) is 0 Å². The van der Waals surface area contributed by atoms with Crippen molar-refractivity contribution in [1.82, 2.24) is 10.2 Å². The lowest BCUT2D eigenvalue weighted by molar-refractivity contribution is 0.388. The van der Waals surface area contributed by atoms with E-state index >= 15 is 0 Å². The SMILES string of the molecule is COc1ccc(CC(C)NCCCN(C)C)cc1. The van der Waals surface area contributed by atoms with Gasteiger partial charge in [-0.1, -0.05) is 12.1 Å². The van der Waals surface area contributed by atoms with E-state index in [9.17, 15) is 0 Å². The highest BCUT2D eigenvalue weighted by atomic mass is 16.5. The molecule has 1 N–H and O–H groups in total. The Morgan fingerprint density at radius 2 is 1.89 bits per heavy atom. The third kappa shape index (κ3) is 6.03. The summed E-state index contributed by atoms with van der Waals surface area (Å²) in [7, 11) is 5.92. The Morgan fingerprint density at radius 1 is 1.22 bits per heavy atom. The highest BCUT2D eigenvalue weighted by molar-refractivity contribution is 5.27. The Kier molecular flexibility index (Phi) is 6.76. The predicted octanol–water partition coefficient (Wildman–Crippen LogP) is 2.17. The van der Waals surface area contributed by atoms with E-state index in [2.05, 4.69) is 43.4 Å². The van der Waals surface area contributed by atoms with E-state index in [1.807, 2.05) is 12.1 Å². The molecule has 0 heterocycles. The molecule has 3 nitrogen and oxygen atoms in total. The smallest absolute Gasteiger partial charge is 0.118 e. The first kappa shape index (κ1) is 15.0. The summed E-state index contributed by atoms with van der Waals surface area (Å²) >= 11 is 0. The second kappa shape index (κ2) is 8.11. The maximum absolute atomic E-state index is 5.16. The van der Waals surface area contributed by atoms with Crippen LogP contribution in [0.1, 0.15) is 18.9 Å². The second-order valence-electron chi connectivity index (χ2n) is 5.06. The molecule has 3 heteroatoms. The van der Waals surface area contributed by atoms with E-state index in [-0.39, 0.29) is 0 Å². The van der Waals surface area contributed by atoms with Gasteiger partial charge in [0.25, 0.3) is 0 Å². The molecule has 0 aliphatic rings. The molecular formula is C15H26N2O. The average molecular weight is 250 g/mol. The third-order valence-electron chi connectivity index (χ3n) is 2.98. The van der Waals surface area contributed by atoms with E-state index < -0.39 is 0 Å². The lowest BCUT2D eigenvalue weighted by atomic mass is 10.1. The van der Waals surface area contributed by atoms with Gasteiger partial charge in [-0.15, -0.1) is 0 Å². The molecule has 0 amide bonds. The van der Waals surface area contributed by atoms with Crippen LogP contribution in [0, 0.1) is 0 Å². The Hall–Kier alpha value is -1.06. The van der Waals surface area contributed by atoms with Crippen LogP contribution < -0.4 is 10.1 Å². The van der Waals surface area contributed by atoms with Gasteiger partial charge in [-0.3, -0.25) is 0 Å². The number of rotatable bonds is 8. The van der Waals surface area contributed by atoms with Crippen LogP contribution in [-0.2, 0) is 6.42 Å². The van der Waals surface area contributed by atoms with Crippen molar-refractivity contribution in [3.8, 4) is 5.75 Å². The number of nitrogens with one attached hydrogen (secondary N) is 1. The van der Waals surface area contributed by atoms with E-state index in [4.69, 9.17) is 4.74 Å². The molecule has 0 radical (unpaired) electrons. The van der Waals surface area contributed by atoms with Crippen molar-refractivity contribution in [1.29, 1.82) is 0 Å². The monoisotopic (exact) mass is 250 g/mol. The lowest BCUT2D eigenvalue weighted by Gasteiger charge is -2.15. The van der Waals surface area contributed by atoms with E-state index in [0.717, 1.165) is 25.3 Å². The van der Waals surface area contributed by atoms with Crippen LogP contribution in [0.15, 0.2) is 24.3 Å². The Labute approximate surface area is 111 Å². The first-order chi connectivity index (χ1) is 8.61. The predicted molar refractivity (Wildman–Crippen MR) is 77.3 cm³/mol. The van der Waals surface area contributed by atoms with Crippen LogP contribution in [0.4, 0.5) is 0 Å². The highest BCUT2D eigenvalue weighted by Gasteiger charge is 2.03. The first-order valence-corrected chi connectivity index (χ1v) is 6.63. The summed E-state index contributed by atoms with van der Waals surface area (Å²) < 4.78 is 5.16. The van der Waals surface area contributed by atoms with Gasteiger partial charge >= 0.3 is 0 Å². The number of ether oxygens (including phenoxy) is 1. The molecule has 0 bridgehead atoms. The molecule has 0 fully saturated rings. The number of hydrogen-bond donors (Lipinski definition) is 1. The average Bonchev–Trinajstić information content (AvgIpc) is 2.35. The maximum Gasteiger partial charge on any atom is 0.118 e. The van der Waals surface area contributed by atoms with Gasteiger partial charge in [0, 0.05) is 6.04 Å². The van der Waals surface area contributed by atoms with Crippen molar-refractivity contribution in [3.63, 3.8) is 0 Å². The molecule has 0 saturated carbocycles. The van der Waals surface area contributed by atoms with Gasteiger partial charge < -0.3 is 15.0 Å². The van der Waals surface area contributed by atoms with Gasteiger partial charge in [0.2, 0.25) is 0 Å². The Morgan fingerprint density at radius 3 is 2.44 bits per heavy atom. The minimum Gasteiger partial charge on any atom is -0.497 e. The maximum atomic E-state index is 5.16. The van der Waals surface area contributed by atoms with Crippen molar-refractivity contribution in [2.24, 2.45) is 0 Å². The van der Waals surface area contributed by atoms with Gasteiger partial charge in [-0.2, -0.15) is 0 Å². The molecular weight excluding hydrogens is 224 g/mol. The largest absolute Gasteiger partial charge is 0.497 e. The number of hydrogen-bond acceptors (Lipinski definition) is 3. The Balaban J connectivity index is 2.24. The van der Waals surface area contributed by atoms with Crippen molar-refractivity contribution in [3.05, 3.63) is 29.8 Å². The second-order valence-corrected chi connectivity index (χ2v) is 5.06. The summed E-state index contributed by atoms with van der Waals surface area (Å²) in [5, 5.41) is 3.56. The molecule has 1 aromatic rings. The van der Waals surface area contributed by atoms with E-state index in [0.29, 0.717) is 6.04 Å². The van der Waals surface area contributed by atoms with Crippen LogP contribution in [0.25, 0.3) is 0 Å². The van der Waals surface area contributed by atoms with E-state index in [1.165, 1.54) is 12.0 Å². The van der Waals surface area contributed by atoms with Gasteiger partial charge in [0.15, 0.2) is 0 Å². The number of nitrogens with zero attached hydrogens (tertiary/aromatic N) is 1. The summed E-state index contributed by atoms with van der Waals surface area (Å²) in [5.74, 6) is 0.922. The fourth-order valence-electron chi connectivity index (χ4n) is 1.93. The Bertz CT molecular complexity index is 322. The number of benzene rings is 1. The summed E-state index contributed by atoms with van der Waals surface area (Å²) in [4.78, 5) is 2.22. The van der Waals surface area contributed by atoms with Crippen molar-refractivity contribution in [2.45, 2.75) is 25.8 Å². The fraction of sp³-hybridized carbons (Fsp3) is 0.600.